The Morgan fingerprint density at radius 1 is 1.26 bits per heavy atom. The Balaban J connectivity index is 1.36. The lowest BCUT2D eigenvalue weighted by Gasteiger charge is -2.46. The van der Waals surface area contributed by atoms with Crippen molar-refractivity contribution in [3.8, 4) is 5.75 Å². The molecule has 1 amide bonds. The van der Waals surface area contributed by atoms with Gasteiger partial charge in [-0.15, -0.1) is 0 Å². The zero-order valence-electron chi connectivity index (χ0n) is 20.8. The maximum absolute atomic E-state index is 13.5. The van der Waals surface area contributed by atoms with Crippen molar-refractivity contribution in [2.75, 3.05) is 19.6 Å². The van der Waals surface area contributed by atoms with E-state index in [1.54, 1.807) is 18.2 Å². The van der Waals surface area contributed by atoms with E-state index in [1.165, 1.54) is 11.6 Å². The summed E-state index contributed by atoms with van der Waals surface area (Å²) in [4.78, 5) is 15.6. The zero-order valence-corrected chi connectivity index (χ0v) is 20.8. The molecular weight excluding hydrogens is 429 g/mol. The first-order valence-corrected chi connectivity index (χ1v) is 12.5. The number of aromatic hydroxyl groups is 1. The molecule has 0 bridgehead atoms. The van der Waals surface area contributed by atoms with Crippen molar-refractivity contribution in [3.63, 3.8) is 0 Å². The second-order valence-corrected chi connectivity index (χ2v) is 10.8. The molecule has 2 aliphatic rings. The third-order valence-corrected chi connectivity index (χ3v) is 8.11. The fourth-order valence-electron chi connectivity index (χ4n) is 5.43. The van der Waals surface area contributed by atoms with Gasteiger partial charge in [-0.05, 0) is 77.6 Å². The molecule has 4 rings (SSSR count). The van der Waals surface area contributed by atoms with Crippen LogP contribution >= 0.6 is 0 Å². The molecule has 34 heavy (non-hydrogen) atoms. The lowest BCUT2D eigenvalue weighted by molar-refractivity contribution is -0.124. The maximum Gasteiger partial charge on any atom is 0.237 e. The molecule has 1 saturated heterocycles. The number of phenols is 1. The first kappa shape index (κ1) is 24.7. The number of nitrogens with zero attached hydrogens (tertiary/aromatic N) is 1. The highest BCUT2D eigenvalue weighted by molar-refractivity contribution is 5.82. The van der Waals surface area contributed by atoms with Gasteiger partial charge in [0.15, 0.2) is 0 Å². The quantitative estimate of drug-likeness (QED) is 0.601. The molecule has 0 aliphatic carbocycles. The van der Waals surface area contributed by atoms with E-state index in [0.717, 1.165) is 37.2 Å². The van der Waals surface area contributed by atoms with Gasteiger partial charge in [-0.1, -0.05) is 45.9 Å². The summed E-state index contributed by atoms with van der Waals surface area (Å²) in [7, 11) is 0. The van der Waals surface area contributed by atoms with Crippen LogP contribution in [0.15, 0.2) is 42.5 Å². The van der Waals surface area contributed by atoms with Crippen molar-refractivity contribution in [3.05, 3.63) is 65.0 Å². The summed E-state index contributed by atoms with van der Waals surface area (Å²) in [5.74, 6) is 0.828. The van der Waals surface area contributed by atoms with E-state index < -0.39 is 0 Å². The molecule has 4 unspecified atom stereocenters. The van der Waals surface area contributed by atoms with Crippen LogP contribution in [-0.2, 0) is 23.2 Å². The third kappa shape index (κ3) is 5.28. The summed E-state index contributed by atoms with van der Waals surface area (Å²) in [5.41, 5.74) is 3.18. The van der Waals surface area contributed by atoms with Gasteiger partial charge >= 0.3 is 0 Å². The average molecular weight is 468 g/mol. The summed E-state index contributed by atoms with van der Waals surface area (Å²) >= 11 is 0. The predicted molar refractivity (Wildman–Crippen MR) is 133 cm³/mol. The number of amides is 1. The van der Waals surface area contributed by atoms with Crippen LogP contribution in [0.4, 0.5) is 4.39 Å². The SMILES string of the molecule is CC(C)C(CN1CCC(C)(c2cccc(O)c2)C(C)C1)NC(=O)C1Cc2ccc(F)cc2CN1. The van der Waals surface area contributed by atoms with E-state index in [9.17, 15) is 14.3 Å². The summed E-state index contributed by atoms with van der Waals surface area (Å²) in [6, 6.07) is 12.2. The van der Waals surface area contributed by atoms with Crippen LogP contribution in [0, 0.1) is 17.7 Å². The van der Waals surface area contributed by atoms with Crippen LogP contribution in [0.5, 0.6) is 5.75 Å². The monoisotopic (exact) mass is 467 g/mol. The van der Waals surface area contributed by atoms with E-state index in [1.807, 2.05) is 12.1 Å². The van der Waals surface area contributed by atoms with E-state index in [4.69, 9.17) is 0 Å². The van der Waals surface area contributed by atoms with Gasteiger partial charge in [0.05, 0.1) is 6.04 Å². The fourth-order valence-corrected chi connectivity index (χ4v) is 5.43. The standard InChI is InChI=1S/C28H38FN3O2/c1-18(2)26(31-27(34)25-13-20-8-9-23(29)12-21(20)15-30-25)17-32-11-10-28(4,19(3)16-32)22-6-5-7-24(33)14-22/h5-9,12,14,18-19,25-26,30,33H,10-11,13,15-17H2,1-4H3,(H,31,34). The predicted octanol–water partition coefficient (Wildman–Crippen LogP) is 3.99. The number of likely N-dealkylation sites (tertiary alicyclic amines) is 1. The Kier molecular flexibility index (Phi) is 7.29. The van der Waals surface area contributed by atoms with Crippen molar-refractivity contribution in [1.29, 1.82) is 0 Å². The van der Waals surface area contributed by atoms with E-state index in [-0.39, 0.29) is 29.2 Å². The van der Waals surface area contributed by atoms with Crippen LogP contribution in [0.2, 0.25) is 0 Å². The Morgan fingerprint density at radius 3 is 2.76 bits per heavy atom. The number of hydrogen-bond acceptors (Lipinski definition) is 4. The molecule has 4 atom stereocenters. The molecule has 2 aliphatic heterocycles. The smallest absolute Gasteiger partial charge is 0.237 e. The molecule has 3 N–H and O–H groups in total. The molecule has 0 saturated carbocycles. The minimum Gasteiger partial charge on any atom is -0.508 e. The van der Waals surface area contributed by atoms with E-state index in [2.05, 4.69) is 49.3 Å². The Hall–Kier alpha value is -2.44. The first-order valence-electron chi connectivity index (χ1n) is 12.5. The van der Waals surface area contributed by atoms with Gasteiger partial charge in [0.2, 0.25) is 5.91 Å². The lowest BCUT2D eigenvalue weighted by atomic mass is 9.68. The molecule has 0 spiro atoms. The number of fused-ring (bicyclic) bond motifs is 1. The number of hydrogen-bond donors (Lipinski definition) is 3. The van der Waals surface area contributed by atoms with Crippen LogP contribution in [0.25, 0.3) is 0 Å². The number of phenolic OH excluding ortho intramolecular Hbond substituents is 1. The number of nitrogens with one attached hydrogen (secondary N) is 2. The summed E-state index contributed by atoms with van der Waals surface area (Å²) < 4.78 is 13.5. The second kappa shape index (κ2) is 10.0. The number of carbonyl (C=O) groups excluding carboxylic acids is 1. The molecule has 2 aromatic rings. The second-order valence-electron chi connectivity index (χ2n) is 10.8. The van der Waals surface area contributed by atoms with Gasteiger partial charge in [-0.3, -0.25) is 4.79 Å². The molecular formula is C28H38FN3O2. The number of rotatable bonds is 6. The van der Waals surface area contributed by atoms with Crippen molar-refractivity contribution in [2.45, 2.75) is 64.6 Å². The number of carbonyl (C=O) groups is 1. The molecule has 2 aromatic carbocycles. The van der Waals surface area contributed by atoms with Gasteiger partial charge in [-0.25, -0.2) is 4.39 Å². The minimum atomic E-state index is -0.298. The number of halogens is 1. The fraction of sp³-hybridized carbons (Fsp3) is 0.536. The van der Waals surface area contributed by atoms with Gasteiger partial charge in [0.1, 0.15) is 11.6 Å². The summed E-state index contributed by atoms with van der Waals surface area (Å²) in [6.45, 7) is 12.1. The average Bonchev–Trinajstić information content (AvgIpc) is 2.80. The van der Waals surface area contributed by atoms with Crippen molar-refractivity contribution in [2.24, 2.45) is 11.8 Å². The van der Waals surface area contributed by atoms with Gasteiger partial charge in [0.25, 0.3) is 0 Å². The van der Waals surface area contributed by atoms with Gasteiger partial charge in [-0.2, -0.15) is 0 Å². The number of piperidine rings is 1. The van der Waals surface area contributed by atoms with Gasteiger partial charge in [0, 0.05) is 25.7 Å². The van der Waals surface area contributed by atoms with E-state index in [0.29, 0.717) is 30.6 Å². The Bertz CT molecular complexity index is 1030. The maximum atomic E-state index is 13.5. The molecule has 0 aromatic heterocycles. The highest BCUT2D eigenvalue weighted by Crippen LogP contribution is 2.40. The summed E-state index contributed by atoms with van der Waals surface area (Å²) in [6.07, 6.45) is 1.59. The molecule has 0 radical (unpaired) electrons. The van der Waals surface area contributed by atoms with Crippen molar-refractivity contribution >= 4 is 5.91 Å². The third-order valence-electron chi connectivity index (χ3n) is 8.11. The molecule has 2 heterocycles. The lowest BCUT2D eigenvalue weighted by Crippen LogP contribution is -2.56. The van der Waals surface area contributed by atoms with Crippen LogP contribution in [0.3, 0.4) is 0 Å². The number of benzene rings is 2. The molecule has 1 fully saturated rings. The molecule has 6 heteroatoms. The van der Waals surface area contributed by atoms with Crippen LogP contribution in [0.1, 0.15) is 50.8 Å². The molecule has 5 nitrogen and oxygen atoms in total. The topological polar surface area (TPSA) is 64.6 Å². The largest absolute Gasteiger partial charge is 0.508 e. The minimum absolute atomic E-state index is 0.0170. The molecule has 184 valence electrons. The zero-order chi connectivity index (χ0) is 24.5. The Morgan fingerprint density at radius 2 is 2.06 bits per heavy atom. The summed E-state index contributed by atoms with van der Waals surface area (Å²) in [5, 5.41) is 16.5. The van der Waals surface area contributed by atoms with Crippen molar-refractivity contribution in [1.82, 2.24) is 15.5 Å². The Labute approximate surface area is 202 Å². The highest BCUT2D eigenvalue weighted by atomic mass is 19.1. The van der Waals surface area contributed by atoms with Crippen LogP contribution < -0.4 is 10.6 Å². The first-order chi connectivity index (χ1) is 16.2. The van der Waals surface area contributed by atoms with Crippen molar-refractivity contribution < 1.29 is 14.3 Å². The normalized spacial score (nSPS) is 26.2. The van der Waals surface area contributed by atoms with Gasteiger partial charge < -0.3 is 20.6 Å². The van der Waals surface area contributed by atoms with Crippen LogP contribution in [-0.4, -0.2) is 47.6 Å². The van der Waals surface area contributed by atoms with E-state index >= 15 is 0 Å². The highest BCUT2D eigenvalue weighted by Gasteiger charge is 2.39.